The van der Waals surface area contributed by atoms with Gasteiger partial charge in [-0.2, -0.15) is 0 Å². The summed E-state index contributed by atoms with van der Waals surface area (Å²) in [7, 11) is 2.23. The average Bonchev–Trinajstić information content (AvgIpc) is 2.55. The molecule has 24 heavy (non-hydrogen) atoms. The van der Waals surface area contributed by atoms with Gasteiger partial charge < -0.3 is 0 Å². The van der Waals surface area contributed by atoms with Crippen LogP contribution in [0.4, 0.5) is 0 Å². The third-order valence-corrected chi connectivity index (χ3v) is 9.88. The van der Waals surface area contributed by atoms with Gasteiger partial charge in [-0.1, -0.05) is 0 Å². The molecular formula is C22H32GeN+. The van der Waals surface area contributed by atoms with Gasteiger partial charge in [-0.3, -0.25) is 0 Å². The van der Waals surface area contributed by atoms with Crippen LogP contribution >= 0.6 is 0 Å². The van der Waals surface area contributed by atoms with Gasteiger partial charge in [0.2, 0.25) is 0 Å². The fourth-order valence-corrected chi connectivity index (χ4v) is 7.76. The van der Waals surface area contributed by atoms with Crippen LogP contribution in [0.15, 0.2) is 36.5 Å². The summed E-state index contributed by atoms with van der Waals surface area (Å²) < 4.78 is 4.10. The van der Waals surface area contributed by atoms with Gasteiger partial charge in [0.1, 0.15) is 0 Å². The van der Waals surface area contributed by atoms with E-state index in [2.05, 4.69) is 72.3 Å². The molecule has 0 amide bonds. The fourth-order valence-electron chi connectivity index (χ4n) is 4.19. The van der Waals surface area contributed by atoms with Crippen molar-refractivity contribution in [1.82, 2.24) is 0 Å². The van der Waals surface area contributed by atoms with Crippen LogP contribution in [0, 0.1) is 6.92 Å². The molecule has 1 aliphatic rings. The van der Waals surface area contributed by atoms with Crippen molar-refractivity contribution < 1.29 is 4.57 Å². The van der Waals surface area contributed by atoms with Crippen LogP contribution in [0.5, 0.6) is 0 Å². The number of hydrogen-bond donors (Lipinski definition) is 0. The first-order valence-corrected chi connectivity index (χ1v) is 16.8. The van der Waals surface area contributed by atoms with Crippen LogP contribution in [-0.2, 0) is 7.05 Å². The topological polar surface area (TPSA) is 3.88 Å². The number of aromatic nitrogens is 1. The van der Waals surface area contributed by atoms with E-state index in [-0.39, 0.29) is 0 Å². The molecule has 1 aliphatic carbocycles. The molecule has 0 N–H and O–H groups in total. The molecule has 0 saturated heterocycles. The zero-order valence-electron chi connectivity index (χ0n) is 16.0. The first-order valence-electron chi connectivity index (χ1n) is 9.48. The van der Waals surface area contributed by atoms with E-state index >= 15 is 0 Å². The van der Waals surface area contributed by atoms with E-state index in [9.17, 15) is 0 Å². The molecule has 0 unspecified atom stereocenters. The summed E-state index contributed by atoms with van der Waals surface area (Å²) in [5.74, 6) is 8.42. The molecule has 1 saturated carbocycles. The third kappa shape index (κ3) is 3.61. The average molecular weight is 383 g/mol. The Balaban J connectivity index is 2.15. The molecule has 1 aromatic heterocycles. The van der Waals surface area contributed by atoms with E-state index in [1.54, 1.807) is 9.96 Å². The molecular weight excluding hydrogens is 351 g/mol. The molecule has 1 heterocycles. The quantitative estimate of drug-likeness (QED) is 0.514. The predicted molar refractivity (Wildman–Crippen MR) is 107 cm³/mol. The molecule has 1 fully saturated rings. The summed E-state index contributed by atoms with van der Waals surface area (Å²) in [6.07, 6.45) is 9.48. The standard InChI is InChI=1S/C22H32GeN/c1-17-11-9-10-14-19(17)22-15-21(23(2,3)4)20(16-24(22)5)18-12-7-6-8-13-18/h9-11,14-16,18H,6-8,12-13H2,1-5H3/q+1. The molecule has 3 rings (SSSR count). The molecule has 128 valence electrons. The Kier molecular flexibility index (Phi) is 5.20. The Morgan fingerprint density at radius 2 is 1.67 bits per heavy atom. The molecule has 0 radical (unpaired) electrons. The minimum atomic E-state index is -1.93. The molecule has 0 spiro atoms. The molecule has 1 aromatic carbocycles. The van der Waals surface area contributed by atoms with Crippen molar-refractivity contribution in [3.63, 3.8) is 0 Å². The number of pyridine rings is 1. The molecule has 2 heteroatoms. The normalized spacial score (nSPS) is 16.4. The van der Waals surface area contributed by atoms with Crippen molar-refractivity contribution in [2.45, 2.75) is 62.2 Å². The minimum absolute atomic E-state index is 0.788. The first kappa shape index (κ1) is 17.7. The Morgan fingerprint density at radius 3 is 2.29 bits per heavy atom. The van der Waals surface area contributed by atoms with Crippen LogP contribution in [0.1, 0.15) is 49.1 Å². The van der Waals surface area contributed by atoms with Gasteiger partial charge in [0, 0.05) is 0 Å². The van der Waals surface area contributed by atoms with Gasteiger partial charge in [-0.25, -0.2) is 0 Å². The van der Waals surface area contributed by atoms with Crippen molar-refractivity contribution in [3.8, 4) is 11.3 Å². The van der Waals surface area contributed by atoms with Gasteiger partial charge in [-0.15, -0.1) is 0 Å². The summed E-state index contributed by atoms with van der Waals surface area (Å²) in [5, 5.41) is 0. The van der Waals surface area contributed by atoms with E-state index in [1.165, 1.54) is 48.9 Å². The maximum absolute atomic E-state index is 2.55. The summed E-state index contributed by atoms with van der Waals surface area (Å²) in [6.45, 7) is 2.22. The second kappa shape index (κ2) is 7.03. The van der Waals surface area contributed by atoms with Crippen LogP contribution < -0.4 is 8.96 Å². The number of benzene rings is 1. The van der Waals surface area contributed by atoms with E-state index in [4.69, 9.17) is 0 Å². The van der Waals surface area contributed by atoms with Crippen LogP contribution in [0.25, 0.3) is 11.3 Å². The Morgan fingerprint density at radius 1 is 1.00 bits per heavy atom. The summed E-state index contributed by atoms with van der Waals surface area (Å²) in [6, 6.07) is 11.3. The molecule has 2 aromatic rings. The van der Waals surface area contributed by atoms with Crippen molar-refractivity contribution in [3.05, 3.63) is 47.7 Å². The second-order valence-electron chi connectivity index (χ2n) is 8.54. The van der Waals surface area contributed by atoms with Gasteiger partial charge in [0.05, 0.1) is 0 Å². The van der Waals surface area contributed by atoms with Crippen LogP contribution in [0.3, 0.4) is 0 Å². The number of rotatable bonds is 3. The third-order valence-electron chi connectivity index (χ3n) is 5.58. The van der Waals surface area contributed by atoms with Gasteiger partial charge in [-0.05, 0) is 0 Å². The predicted octanol–water partition coefficient (Wildman–Crippen LogP) is 5.08. The summed E-state index contributed by atoms with van der Waals surface area (Å²) >= 11 is -1.93. The molecule has 0 atom stereocenters. The zero-order chi connectivity index (χ0) is 17.3. The molecule has 1 nitrogen and oxygen atoms in total. The van der Waals surface area contributed by atoms with Crippen molar-refractivity contribution >= 4 is 17.7 Å². The van der Waals surface area contributed by atoms with Crippen LogP contribution in [-0.4, -0.2) is 13.3 Å². The van der Waals surface area contributed by atoms with E-state index in [0.29, 0.717) is 0 Å². The number of aryl methyl sites for hydroxylation is 2. The molecule has 0 aliphatic heterocycles. The number of hydrogen-bond acceptors (Lipinski definition) is 0. The van der Waals surface area contributed by atoms with Gasteiger partial charge in [0.15, 0.2) is 0 Å². The maximum atomic E-state index is 2.55. The van der Waals surface area contributed by atoms with Crippen molar-refractivity contribution in [1.29, 1.82) is 0 Å². The van der Waals surface area contributed by atoms with Crippen LogP contribution in [0.2, 0.25) is 17.3 Å². The van der Waals surface area contributed by atoms with Crippen molar-refractivity contribution in [2.24, 2.45) is 7.05 Å². The number of nitrogens with zero attached hydrogens (tertiary/aromatic N) is 1. The van der Waals surface area contributed by atoms with Crippen molar-refractivity contribution in [2.75, 3.05) is 0 Å². The van der Waals surface area contributed by atoms with E-state index in [1.807, 2.05) is 0 Å². The zero-order valence-corrected chi connectivity index (χ0v) is 18.1. The molecule has 0 bridgehead atoms. The SMILES string of the molecule is Cc1ccccc1-c1c[c]([Ge]([CH3])([CH3])[CH3])c(C2CCCCC2)c[n+]1C. The van der Waals surface area contributed by atoms with E-state index < -0.39 is 13.3 Å². The Bertz CT molecular complexity index is 721. The second-order valence-corrected chi connectivity index (χ2v) is 19.1. The summed E-state index contributed by atoms with van der Waals surface area (Å²) in [5.41, 5.74) is 5.79. The summed E-state index contributed by atoms with van der Waals surface area (Å²) in [4.78, 5) is 0. The monoisotopic (exact) mass is 384 g/mol. The Hall–Kier alpha value is -1.09. The van der Waals surface area contributed by atoms with Gasteiger partial charge >= 0.3 is 150 Å². The van der Waals surface area contributed by atoms with E-state index in [0.717, 1.165) is 5.92 Å². The van der Waals surface area contributed by atoms with Gasteiger partial charge in [0.25, 0.3) is 0 Å². The Labute approximate surface area is 150 Å². The fraction of sp³-hybridized carbons (Fsp3) is 0.500. The first-order chi connectivity index (χ1) is 11.4.